The molecular weight excluding hydrogens is 190 g/mol. The molecule has 1 unspecified atom stereocenters. The van der Waals surface area contributed by atoms with Gasteiger partial charge in [-0.3, -0.25) is 0 Å². The van der Waals surface area contributed by atoms with E-state index < -0.39 is 0 Å². The molecule has 3 heteroatoms. The molecule has 1 heterocycles. The Morgan fingerprint density at radius 3 is 2.60 bits per heavy atom. The summed E-state index contributed by atoms with van der Waals surface area (Å²) in [5.74, 6) is 0.783. The van der Waals surface area contributed by atoms with Gasteiger partial charge in [-0.15, -0.1) is 0 Å². The Kier molecular flexibility index (Phi) is 2.92. The quantitative estimate of drug-likeness (QED) is 0.757. The van der Waals surface area contributed by atoms with Gasteiger partial charge < -0.3 is 4.84 Å². The topological polar surface area (TPSA) is 21.7 Å². The zero-order valence-corrected chi connectivity index (χ0v) is 9.01. The summed E-state index contributed by atoms with van der Waals surface area (Å²) in [5, 5.41) is 1.38. The van der Waals surface area contributed by atoms with Crippen molar-refractivity contribution in [1.82, 2.24) is 5.23 Å². The van der Waals surface area contributed by atoms with Crippen LogP contribution in [0.25, 0.3) is 0 Å². The zero-order chi connectivity index (χ0) is 10.7. The van der Waals surface area contributed by atoms with Crippen LogP contribution in [-0.4, -0.2) is 11.3 Å². The number of rotatable bonds is 3. The predicted molar refractivity (Wildman–Crippen MR) is 58.0 cm³/mol. The van der Waals surface area contributed by atoms with E-state index in [-0.39, 0.29) is 6.10 Å². The SMILES string of the molecule is CCc1ccc(ON2C=CC(C)O2)cc1. The van der Waals surface area contributed by atoms with Gasteiger partial charge >= 0.3 is 0 Å². The lowest BCUT2D eigenvalue weighted by Crippen LogP contribution is -2.20. The minimum Gasteiger partial charge on any atom is -0.354 e. The Bertz CT molecular complexity index is 345. The fraction of sp³-hybridized carbons (Fsp3) is 0.333. The van der Waals surface area contributed by atoms with Crippen LogP contribution in [0.15, 0.2) is 36.5 Å². The summed E-state index contributed by atoms with van der Waals surface area (Å²) in [6.07, 6.45) is 4.83. The first-order chi connectivity index (χ1) is 7.28. The second-order valence-corrected chi connectivity index (χ2v) is 3.53. The third kappa shape index (κ3) is 2.50. The maximum atomic E-state index is 5.47. The molecule has 0 aromatic heterocycles. The summed E-state index contributed by atoms with van der Waals surface area (Å²) in [4.78, 5) is 10.8. The van der Waals surface area contributed by atoms with Crippen molar-refractivity contribution in [3.8, 4) is 5.75 Å². The van der Waals surface area contributed by atoms with Crippen LogP contribution < -0.4 is 4.84 Å². The van der Waals surface area contributed by atoms with Crippen LogP contribution in [0.1, 0.15) is 19.4 Å². The van der Waals surface area contributed by atoms with Gasteiger partial charge in [0.05, 0.1) is 6.20 Å². The third-order valence-electron chi connectivity index (χ3n) is 2.28. The van der Waals surface area contributed by atoms with E-state index >= 15 is 0 Å². The lowest BCUT2D eigenvalue weighted by atomic mass is 10.2. The normalized spacial score (nSPS) is 19.6. The van der Waals surface area contributed by atoms with Crippen molar-refractivity contribution < 1.29 is 9.68 Å². The van der Waals surface area contributed by atoms with E-state index in [4.69, 9.17) is 9.68 Å². The summed E-state index contributed by atoms with van der Waals surface area (Å²) in [5.41, 5.74) is 1.30. The van der Waals surface area contributed by atoms with Gasteiger partial charge in [0.15, 0.2) is 5.75 Å². The minimum absolute atomic E-state index is 0.0833. The number of hydrogen-bond acceptors (Lipinski definition) is 3. The molecule has 2 rings (SSSR count). The maximum absolute atomic E-state index is 5.47. The van der Waals surface area contributed by atoms with Crippen LogP contribution in [0.5, 0.6) is 5.75 Å². The van der Waals surface area contributed by atoms with E-state index in [1.165, 1.54) is 10.8 Å². The molecule has 0 spiro atoms. The third-order valence-corrected chi connectivity index (χ3v) is 2.28. The Hall–Kier alpha value is -1.48. The Labute approximate surface area is 89.8 Å². The Balaban J connectivity index is 1.96. The van der Waals surface area contributed by atoms with Crippen molar-refractivity contribution in [1.29, 1.82) is 0 Å². The summed E-state index contributed by atoms with van der Waals surface area (Å²) in [6, 6.07) is 8.00. The average molecular weight is 205 g/mol. The molecule has 80 valence electrons. The van der Waals surface area contributed by atoms with Gasteiger partial charge in [-0.25, -0.2) is 4.84 Å². The van der Waals surface area contributed by atoms with Crippen molar-refractivity contribution in [3.63, 3.8) is 0 Å². The largest absolute Gasteiger partial charge is 0.354 e. The number of hydroxylamine groups is 2. The van der Waals surface area contributed by atoms with Gasteiger partial charge in [-0.05, 0) is 37.1 Å². The van der Waals surface area contributed by atoms with E-state index in [1.54, 1.807) is 6.20 Å². The molecular formula is C12H15NO2. The van der Waals surface area contributed by atoms with Gasteiger partial charge in [0, 0.05) is 0 Å². The number of nitrogens with zero attached hydrogens (tertiary/aromatic N) is 1. The fourth-order valence-corrected chi connectivity index (χ4v) is 1.37. The number of benzene rings is 1. The molecule has 0 saturated carbocycles. The van der Waals surface area contributed by atoms with Crippen LogP contribution in [0.2, 0.25) is 0 Å². The highest BCUT2D eigenvalue weighted by atomic mass is 17.0. The van der Waals surface area contributed by atoms with Crippen molar-refractivity contribution >= 4 is 0 Å². The summed E-state index contributed by atoms with van der Waals surface area (Å²) in [6.45, 7) is 4.09. The van der Waals surface area contributed by atoms with Crippen molar-refractivity contribution in [2.24, 2.45) is 0 Å². The molecule has 3 nitrogen and oxygen atoms in total. The van der Waals surface area contributed by atoms with Crippen molar-refractivity contribution in [3.05, 3.63) is 42.1 Å². The summed E-state index contributed by atoms with van der Waals surface area (Å²) >= 11 is 0. The standard InChI is InChI=1S/C12H15NO2/c1-3-11-4-6-12(7-5-11)15-13-9-8-10(2)14-13/h4-10H,3H2,1-2H3. The molecule has 0 amide bonds. The smallest absolute Gasteiger partial charge is 0.158 e. The predicted octanol–water partition coefficient (Wildman–Crippen LogP) is 2.69. The first-order valence-corrected chi connectivity index (χ1v) is 5.19. The first kappa shape index (κ1) is 10.1. The second kappa shape index (κ2) is 4.36. The molecule has 1 aliphatic rings. The van der Waals surface area contributed by atoms with Crippen LogP contribution >= 0.6 is 0 Å². The first-order valence-electron chi connectivity index (χ1n) is 5.19. The molecule has 0 saturated heterocycles. The minimum atomic E-state index is 0.0833. The monoisotopic (exact) mass is 205 g/mol. The zero-order valence-electron chi connectivity index (χ0n) is 9.01. The van der Waals surface area contributed by atoms with Gasteiger partial charge in [-0.2, -0.15) is 0 Å². The van der Waals surface area contributed by atoms with E-state index in [2.05, 4.69) is 19.1 Å². The van der Waals surface area contributed by atoms with E-state index in [9.17, 15) is 0 Å². The molecule has 0 aliphatic carbocycles. The fourth-order valence-electron chi connectivity index (χ4n) is 1.37. The van der Waals surface area contributed by atoms with E-state index in [1.807, 2.05) is 25.1 Å². The molecule has 0 bridgehead atoms. The highest BCUT2D eigenvalue weighted by Crippen LogP contribution is 2.17. The van der Waals surface area contributed by atoms with E-state index in [0.29, 0.717) is 0 Å². The lowest BCUT2D eigenvalue weighted by Gasteiger charge is -2.16. The van der Waals surface area contributed by atoms with E-state index in [0.717, 1.165) is 12.2 Å². The van der Waals surface area contributed by atoms with Crippen LogP contribution in [0.3, 0.4) is 0 Å². The van der Waals surface area contributed by atoms with Crippen molar-refractivity contribution in [2.75, 3.05) is 0 Å². The number of aryl methyl sites for hydroxylation is 1. The molecule has 0 fully saturated rings. The van der Waals surface area contributed by atoms with Crippen molar-refractivity contribution in [2.45, 2.75) is 26.4 Å². The highest BCUT2D eigenvalue weighted by molar-refractivity contribution is 5.27. The van der Waals surface area contributed by atoms with Gasteiger partial charge in [0.1, 0.15) is 6.10 Å². The van der Waals surface area contributed by atoms with Gasteiger partial charge in [0.2, 0.25) is 0 Å². The number of hydrogen-bond donors (Lipinski definition) is 0. The molecule has 0 N–H and O–H groups in total. The maximum Gasteiger partial charge on any atom is 0.158 e. The molecule has 1 aromatic carbocycles. The molecule has 1 atom stereocenters. The van der Waals surface area contributed by atoms with Crippen LogP contribution in [-0.2, 0) is 11.3 Å². The van der Waals surface area contributed by atoms with Crippen LogP contribution in [0.4, 0.5) is 0 Å². The average Bonchev–Trinajstić information content (AvgIpc) is 2.65. The Morgan fingerprint density at radius 2 is 2.07 bits per heavy atom. The molecule has 1 aromatic rings. The van der Waals surface area contributed by atoms with Gasteiger partial charge in [0.25, 0.3) is 0 Å². The molecule has 0 radical (unpaired) electrons. The summed E-state index contributed by atoms with van der Waals surface area (Å²) in [7, 11) is 0. The summed E-state index contributed by atoms with van der Waals surface area (Å²) < 4.78 is 0. The second-order valence-electron chi connectivity index (χ2n) is 3.53. The van der Waals surface area contributed by atoms with Crippen LogP contribution in [0, 0.1) is 0 Å². The molecule has 1 aliphatic heterocycles. The molecule has 15 heavy (non-hydrogen) atoms. The Morgan fingerprint density at radius 1 is 1.33 bits per heavy atom. The van der Waals surface area contributed by atoms with Gasteiger partial charge in [-0.1, -0.05) is 24.3 Å². The highest BCUT2D eigenvalue weighted by Gasteiger charge is 2.13. The lowest BCUT2D eigenvalue weighted by molar-refractivity contribution is -0.281.